The van der Waals surface area contributed by atoms with Gasteiger partial charge in [-0.2, -0.15) is 5.26 Å². The number of aliphatic hydroxyl groups is 2. The Morgan fingerprint density at radius 2 is 1.79 bits per heavy atom. The molecule has 0 aliphatic carbocycles. The minimum absolute atomic E-state index is 0.0524. The molecule has 8 nitrogen and oxygen atoms in total. The smallest absolute Gasteiger partial charge is 0.262 e. The van der Waals surface area contributed by atoms with E-state index in [1.807, 2.05) is 18.2 Å². The molecule has 1 amide bonds. The molecule has 1 fully saturated rings. The van der Waals surface area contributed by atoms with Gasteiger partial charge in [-0.3, -0.25) is 4.79 Å². The number of carbonyl (C=O) groups is 1. The minimum atomic E-state index is -0.600. The first-order chi connectivity index (χ1) is 18.4. The van der Waals surface area contributed by atoms with E-state index >= 15 is 0 Å². The van der Waals surface area contributed by atoms with E-state index in [2.05, 4.69) is 54.4 Å². The zero-order valence-electron chi connectivity index (χ0n) is 22.1. The lowest BCUT2D eigenvalue weighted by molar-refractivity contribution is -0.123. The van der Waals surface area contributed by atoms with Gasteiger partial charge in [0.25, 0.3) is 5.91 Å². The van der Waals surface area contributed by atoms with E-state index in [4.69, 9.17) is 9.15 Å². The van der Waals surface area contributed by atoms with Crippen LogP contribution in [0.5, 0.6) is 0 Å². The van der Waals surface area contributed by atoms with Crippen LogP contribution in [0.25, 0.3) is 27.7 Å². The monoisotopic (exact) mass is 517 g/mol. The molecule has 0 radical (unpaired) electrons. The standard InChI is InChI=1S/C30H35N3O5/c1-4-33(5-2)23-9-8-20-12-22(7-6-21(20)13-23)29-11-10-28(38-29)19(3)27(16-31)30(36)32-17-25-14-24(35)15-26(18-34)37-25/h6-13,24-26,34-35H,4-5,14-15,17-18H2,1-3H3,(H,32,36)/b27-19+. The number of allylic oxidation sites excluding steroid dienone is 1. The summed E-state index contributed by atoms with van der Waals surface area (Å²) in [5.74, 6) is 0.543. The number of amides is 1. The van der Waals surface area contributed by atoms with Crippen LogP contribution < -0.4 is 10.2 Å². The fourth-order valence-corrected chi connectivity index (χ4v) is 4.92. The third kappa shape index (κ3) is 6.08. The summed E-state index contributed by atoms with van der Waals surface area (Å²) in [6.07, 6.45) is -0.790. The molecule has 0 saturated carbocycles. The molecule has 0 spiro atoms. The van der Waals surface area contributed by atoms with Crippen LogP contribution in [-0.2, 0) is 9.53 Å². The molecule has 3 atom stereocenters. The van der Waals surface area contributed by atoms with Crippen molar-refractivity contribution in [3.05, 3.63) is 59.9 Å². The lowest BCUT2D eigenvalue weighted by atomic mass is 10.0. The summed E-state index contributed by atoms with van der Waals surface area (Å²) in [6, 6.07) is 18.2. The summed E-state index contributed by atoms with van der Waals surface area (Å²) in [7, 11) is 0. The second-order valence-corrected chi connectivity index (χ2v) is 9.59. The van der Waals surface area contributed by atoms with E-state index < -0.39 is 24.2 Å². The van der Waals surface area contributed by atoms with Gasteiger partial charge in [0.05, 0.1) is 24.9 Å². The Bertz CT molecular complexity index is 1350. The van der Waals surface area contributed by atoms with Crippen molar-refractivity contribution in [2.75, 3.05) is 31.1 Å². The molecule has 38 heavy (non-hydrogen) atoms. The number of hydrogen-bond donors (Lipinski definition) is 3. The first-order valence-corrected chi connectivity index (χ1v) is 13.1. The molecular weight excluding hydrogens is 482 g/mol. The zero-order chi connectivity index (χ0) is 27.2. The second-order valence-electron chi connectivity index (χ2n) is 9.59. The van der Waals surface area contributed by atoms with Crippen molar-refractivity contribution in [3.63, 3.8) is 0 Å². The van der Waals surface area contributed by atoms with E-state index in [9.17, 15) is 20.3 Å². The Hall–Kier alpha value is -3.64. The Balaban J connectivity index is 1.49. The molecule has 0 bridgehead atoms. The summed E-state index contributed by atoms with van der Waals surface area (Å²) >= 11 is 0. The Kier molecular flexibility index (Phi) is 8.85. The summed E-state index contributed by atoms with van der Waals surface area (Å²) < 4.78 is 11.7. The van der Waals surface area contributed by atoms with Crippen molar-refractivity contribution < 1.29 is 24.2 Å². The average Bonchev–Trinajstić information content (AvgIpc) is 3.43. The van der Waals surface area contributed by atoms with Gasteiger partial charge in [0, 0.05) is 49.3 Å². The van der Waals surface area contributed by atoms with Crippen LogP contribution >= 0.6 is 0 Å². The lowest BCUT2D eigenvalue weighted by Crippen LogP contribution is -2.43. The summed E-state index contributed by atoms with van der Waals surface area (Å²) in [4.78, 5) is 15.1. The first kappa shape index (κ1) is 27.4. The Morgan fingerprint density at radius 1 is 1.08 bits per heavy atom. The summed E-state index contributed by atoms with van der Waals surface area (Å²) in [5, 5.41) is 34.0. The van der Waals surface area contributed by atoms with E-state index in [1.165, 1.54) is 5.69 Å². The number of nitrogens with one attached hydrogen (secondary N) is 1. The molecule has 3 N–H and O–H groups in total. The predicted octanol–water partition coefficient (Wildman–Crippen LogP) is 4.26. The summed E-state index contributed by atoms with van der Waals surface area (Å²) in [5.41, 5.74) is 2.47. The number of ether oxygens (including phenoxy) is 1. The highest BCUT2D eigenvalue weighted by molar-refractivity contribution is 6.04. The number of fused-ring (bicyclic) bond motifs is 1. The molecule has 2 heterocycles. The predicted molar refractivity (Wildman–Crippen MR) is 147 cm³/mol. The highest BCUT2D eigenvalue weighted by atomic mass is 16.5. The number of nitrogens with zero attached hydrogens (tertiary/aromatic N) is 2. The SMILES string of the molecule is CCN(CC)c1ccc2cc(-c3ccc(/C(C)=C(\C#N)C(=O)NCC4CC(O)CC(CO)O4)o3)ccc2c1. The van der Waals surface area contributed by atoms with E-state index in [0.717, 1.165) is 29.4 Å². The Labute approximate surface area is 223 Å². The molecule has 2 aromatic carbocycles. The largest absolute Gasteiger partial charge is 0.456 e. The highest BCUT2D eigenvalue weighted by Gasteiger charge is 2.28. The number of nitriles is 1. The first-order valence-electron chi connectivity index (χ1n) is 13.1. The third-order valence-corrected chi connectivity index (χ3v) is 7.08. The number of furan rings is 1. The van der Waals surface area contributed by atoms with Gasteiger partial charge >= 0.3 is 0 Å². The van der Waals surface area contributed by atoms with Crippen LogP contribution in [0, 0.1) is 11.3 Å². The van der Waals surface area contributed by atoms with E-state index in [0.29, 0.717) is 29.9 Å². The van der Waals surface area contributed by atoms with Crippen LogP contribution in [0.1, 0.15) is 39.4 Å². The highest BCUT2D eigenvalue weighted by Crippen LogP contribution is 2.31. The molecule has 1 aromatic heterocycles. The van der Waals surface area contributed by atoms with Crippen molar-refractivity contribution in [1.29, 1.82) is 5.26 Å². The van der Waals surface area contributed by atoms with Crippen LogP contribution in [0.3, 0.4) is 0 Å². The maximum Gasteiger partial charge on any atom is 0.262 e. The van der Waals surface area contributed by atoms with Crippen molar-refractivity contribution >= 4 is 27.9 Å². The molecule has 8 heteroatoms. The topological polar surface area (TPSA) is 119 Å². The van der Waals surface area contributed by atoms with Gasteiger partial charge in [-0.1, -0.05) is 18.2 Å². The van der Waals surface area contributed by atoms with Gasteiger partial charge in [-0.15, -0.1) is 0 Å². The molecule has 4 rings (SSSR count). The normalized spacial score (nSPS) is 20.1. The van der Waals surface area contributed by atoms with E-state index in [-0.39, 0.29) is 18.7 Å². The number of aliphatic hydroxyl groups excluding tert-OH is 2. The molecule has 3 unspecified atom stereocenters. The van der Waals surface area contributed by atoms with Crippen molar-refractivity contribution in [3.8, 4) is 17.4 Å². The van der Waals surface area contributed by atoms with E-state index in [1.54, 1.807) is 13.0 Å². The zero-order valence-corrected chi connectivity index (χ0v) is 22.1. The molecule has 3 aromatic rings. The Morgan fingerprint density at radius 3 is 2.50 bits per heavy atom. The number of anilines is 1. The van der Waals surface area contributed by atoms with Crippen LogP contribution in [0.2, 0.25) is 0 Å². The molecular formula is C30H35N3O5. The van der Waals surface area contributed by atoms with Crippen LogP contribution in [-0.4, -0.2) is 60.7 Å². The van der Waals surface area contributed by atoms with Gasteiger partial charge in [0.1, 0.15) is 23.2 Å². The quantitative estimate of drug-likeness (QED) is 0.287. The number of carbonyl (C=O) groups excluding carboxylic acids is 1. The van der Waals surface area contributed by atoms with Gasteiger partial charge in [-0.05, 0) is 61.9 Å². The fourth-order valence-electron chi connectivity index (χ4n) is 4.92. The third-order valence-electron chi connectivity index (χ3n) is 7.08. The average molecular weight is 518 g/mol. The molecule has 200 valence electrons. The summed E-state index contributed by atoms with van der Waals surface area (Å²) in [6.45, 7) is 7.80. The molecule has 1 aliphatic heterocycles. The number of hydrogen-bond acceptors (Lipinski definition) is 7. The fraction of sp³-hybridized carbons (Fsp3) is 0.400. The van der Waals surface area contributed by atoms with Gasteiger partial charge < -0.3 is 29.6 Å². The van der Waals surface area contributed by atoms with Crippen molar-refractivity contribution in [2.24, 2.45) is 0 Å². The molecule has 1 saturated heterocycles. The maximum absolute atomic E-state index is 12.8. The minimum Gasteiger partial charge on any atom is -0.456 e. The van der Waals surface area contributed by atoms with Gasteiger partial charge in [0.15, 0.2) is 0 Å². The van der Waals surface area contributed by atoms with Crippen LogP contribution in [0.15, 0.2) is 58.5 Å². The lowest BCUT2D eigenvalue weighted by Gasteiger charge is -2.32. The number of rotatable bonds is 9. The van der Waals surface area contributed by atoms with Gasteiger partial charge in [0.2, 0.25) is 0 Å². The van der Waals surface area contributed by atoms with Crippen LogP contribution in [0.4, 0.5) is 5.69 Å². The van der Waals surface area contributed by atoms with Gasteiger partial charge in [-0.25, -0.2) is 0 Å². The second kappa shape index (κ2) is 12.3. The number of benzene rings is 2. The van der Waals surface area contributed by atoms with Crippen molar-refractivity contribution in [2.45, 2.75) is 51.9 Å². The molecule has 1 aliphatic rings. The van der Waals surface area contributed by atoms with Crippen molar-refractivity contribution in [1.82, 2.24) is 5.32 Å². The maximum atomic E-state index is 12.8.